The van der Waals surface area contributed by atoms with Gasteiger partial charge in [0.1, 0.15) is 5.60 Å². The van der Waals surface area contributed by atoms with Gasteiger partial charge in [-0.15, -0.1) is 0 Å². The molecule has 1 aliphatic heterocycles. The van der Waals surface area contributed by atoms with E-state index in [-0.39, 0.29) is 40.2 Å². The summed E-state index contributed by atoms with van der Waals surface area (Å²) in [5, 5.41) is 0. The van der Waals surface area contributed by atoms with Crippen LogP contribution < -0.4 is 0 Å². The maximum atomic E-state index is 12.7. The smallest absolute Gasteiger partial charge is 0.306 e. The second kappa shape index (κ2) is 5.99. The minimum atomic E-state index is -0.439. The number of carbonyl (C=O) groups is 4. The molecule has 154 valence electrons. The first-order chi connectivity index (χ1) is 13.7. The molecule has 3 fully saturated rings. The Labute approximate surface area is 170 Å². The molecule has 0 aromatic rings. The molecule has 29 heavy (non-hydrogen) atoms. The van der Waals surface area contributed by atoms with Crippen molar-refractivity contribution in [3.63, 3.8) is 0 Å². The van der Waals surface area contributed by atoms with Gasteiger partial charge in [0.25, 0.3) is 0 Å². The quantitative estimate of drug-likeness (QED) is 0.309. The van der Waals surface area contributed by atoms with Gasteiger partial charge in [0.2, 0.25) is 0 Å². The van der Waals surface area contributed by atoms with Crippen molar-refractivity contribution >= 4 is 23.8 Å². The lowest BCUT2D eigenvalue weighted by molar-refractivity contribution is -0.161. The Bertz CT molecular complexity index is 897. The second-order valence-corrected chi connectivity index (χ2v) is 10.2. The fourth-order valence-electron chi connectivity index (χ4n) is 7.51. The predicted octanol–water partition coefficient (Wildman–Crippen LogP) is 3.51. The fourth-order valence-corrected chi connectivity index (χ4v) is 7.51. The van der Waals surface area contributed by atoms with Crippen LogP contribution in [0.25, 0.3) is 0 Å². The van der Waals surface area contributed by atoms with Gasteiger partial charge in [-0.2, -0.15) is 0 Å². The third kappa shape index (κ3) is 2.33. The first kappa shape index (κ1) is 19.0. The van der Waals surface area contributed by atoms with E-state index < -0.39 is 11.5 Å². The van der Waals surface area contributed by atoms with Crippen LogP contribution in [0.4, 0.5) is 0 Å². The first-order valence-electron chi connectivity index (χ1n) is 10.9. The van der Waals surface area contributed by atoms with Gasteiger partial charge in [-0.05, 0) is 56.4 Å². The van der Waals surface area contributed by atoms with E-state index in [0.29, 0.717) is 25.5 Å². The van der Waals surface area contributed by atoms with Crippen molar-refractivity contribution in [2.45, 2.75) is 70.8 Å². The lowest BCUT2D eigenvalue weighted by atomic mass is 9.47. The van der Waals surface area contributed by atoms with Gasteiger partial charge in [-0.25, -0.2) is 0 Å². The SMILES string of the molecule is CC12CCC(=O)C=C1C[C@@H](C(=O)C=O)C1C2=CCC2(C)[C@H]1CC[C@@]21CCC(=O)O1. The van der Waals surface area contributed by atoms with Gasteiger partial charge in [0.15, 0.2) is 17.9 Å². The van der Waals surface area contributed by atoms with E-state index in [4.69, 9.17) is 4.74 Å². The van der Waals surface area contributed by atoms with Crippen LogP contribution in [0.2, 0.25) is 0 Å². The summed E-state index contributed by atoms with van der Waals surface area (Å²) >= 11 is 0. The maximum Gasteiger partial charge on any atom is 0.306 e. The molecule has 1 saturated heterocycles. The molecule has 5 heteroatoms. The number of ketones is 2. The molecule has 0 radical (unpaired) electrons. The van der Waals surface area contributed by atoms with Crippen LogP contribution in [-0.2, 0) is 23.9 Å². The van der Waals surface area contributed by atoms with E-state index in [0.717, 1.165) is 37.7 Å². The van der Waals surface area contributed by atoms with Crippen molar-refractivity contribution < 1.29 is 23.9 Å². The van der Waals surface area contributed by atoms with Gasteiger partial charge >= 0.3 is 5.97 Å². The Kier molecular flexibility index (Phi) is 3.92. The number of aldehydes is 1. The van der Waals surface area contributed by atoms with Crippen molar-refractivity contribution in [2.24, 2.45) is 28.6 Å². The van der Waals surface area contributed by atoms with Crippen LogP contribution in [-0.4, -0.2) is 29.4 Å². The summed E-state index contributed by atoms with van der Waals surface area (Å²) in [7, 11) is 0. The number of Topliss-reactive ketones (excluding diaryl/α,β-unsaturated/α-hetero) is 1. The summed E-state index contributed by atoms with van der Waals surface area (Å²) in [5.41, 5.74) is 1.40. The highest BCUT2D eigenvalue weighted by Gasteiger charge is 2.67. The predicted molar refractivity (Wildman–Crippen MR) is 105 cm³/mol. The summed E-state index contributed by atoms with van der Waals surface area (Å²) < 4.78 is 5.95. The summed E-state index contributed by atoms with van der Waals surface area (Å²) in [4.78, 5) is 48.4. The van der Waals surface area contributed by atoms with Gasteiger partial charge in [0, 0.05) is 29.6 Å². The highest BCUT2D eigenvalue weighted by molar-refractivity contribution is 6.26. The number of ether oxygens (including phenoxy) is 1. The van der Waals surface area contributed by atoms with Gasteiger partial charge in [-0.1, -0.05) is 31.1 Å². The largest absolute Gasteiger partial charge is 0.458 e. The molecular weight excluding hydrogens is 368 g/mol. The molecule has 6 atom stereocenters. The van der Waals surface area contributed by atoms with E-state index in [1.807, 2.05) is 0 Å². The molecule has 0 aromatic heterocycles. The fraction of sp³-hybridized carbons (Fsp3) is 0.667. The Hall–Kier alpha value is -2.04. The Morgan fingerprint density at radius 2 is 1.97 bits per heavy atom. The number of allylic oxidation sites excluding steroid dienone is 4. The molecule has 0 amide bonds. The van der Waals surface area contributed by atoms with Crippen LogP contribution in [0.1, 0.15) is 65.2 Å². The molecule has 1 heterocycles. The molecule has 1 spiro atoms. The average molecular weight is 396 g/mol. The standard InChI is InChI=1S/C24H28O5/c1-22-7-3-15(26)11-14(22)12-16(19(27)13-25)21-17(22)4-8-23(2)18(21)5-9-24(23)10-6-20(28)29-24/h4,11,13,16,18,21H,3,5-10,12H2,1-2H3/t16-,18-,21?,22?,23?,24+/m0/s1. The van der Waals surface area contributed by atoms with E-state index >= 15 is 0 Å². The van der Waals surface area contributed by atoms with E-state index in [1.54, 1.807) is 6.08 Å². The molecule has 5 aliphatic rings. The second-order valence-electron chi connectivity index (χ2n) is 10.2. The van der Waals surface area contributed by atoms with Crippen LogP contribution in [0.15, 0.2) is 23.3 Å². The number of esters is 1. The molecule has 4 aliphatic carbocycles. The minimum absolute atomic E-state index is 0.0134. The number of carbonyl (C=O) groups excluding carboxylic acids is 4. The molecule has 5 rings (SSSR count). The van der Waals surface area contributed by atoms with E-state index in [1.165, 1.54) is 5.57 Å². The van der Waals surface area contributed by atoms with Gasteiger partial charge in [-0.3, -0.25) is 19.2 Å². The summed E-state index contributed by atoms with van der Waals surface area (Å²) in [6, 6.07) is 0. The van der Waals surface area contributed by atoms with Crippen molar-refractivity contribution in [3.05, 3.63) is 23.3 Å². The van der Waals surface area contributed by atoms with Crippen molar-refractivity contribution in [3.8, 4) is 0 Å². The number of fused-ring (bicyclic) bond motifs is 6. The van der Waals surface area contributed by atoms with Crippen molar-refractivity contribution in [1.82, 2.24) is 0 Å². The normalized spacial score (nSPS) is 45.7. The summed E-state index contributed by atoms with van der Waals surface area (Å²) in [6.45, 7) is 4.42. The Morgan fingerprint density at radius 3 is 2.66 bits per heavy atom. The van der Waals surface area contributed by atoms with Crippen molar-refractivity contribution in [1.29, 1.82) is 0 Å². The number of hydrogen-bond donors (Lipinski definition) is 0. The average Bonchev–Trinajstić information content (AvgIpc) is 3.22. The van der Waals surface area contributed by atoms with Gasteiger partial charge < -0.3 is 4.74 Å². The Morgan fingerprint density at radius 1 is 1.17 bits per heavy atom. The van der Waals surface area contributed by atoms with E-state index in [2.05, 4.69) is 19.9 Å². The van der Waals surface area contributed by atoms with Crippen LogP contribution in [0.5, 0.6) is 0 Å². The lowest BCUT2D eigenvalue weighted by Crippen LogP contribution is -2.53. The van der Waals surface area contributed by atoms with Gasteiger partial charge in [0.05, 0.1) is 0 Å². The maximum absolute atomic E-state index is 12.7. The van der Waals surface area contributed by atoms with Crippen LogP contribution in [0, 0.1) is 28.6 Å². The minimum Gasteiger partial charge on any atom is -0.458 e. The number of rotatable bonds is 2. The Balaban J connectivity index is 1.64. The monoisotopic (exact) mass is 396 g/mol. The highest BCUT2D eigenvalue weighted by Crippen LogP contribution is 2.68. The molecule has 0 aromatic carbocycles. The zero-order chi connectivity index (χ0) is 20.6. The topological polar surface area (TPSA) is 77.5 Å². The molecule has 0 N–H and O–H groups in total. The summed E-state index contributed by atoms with van der Waals surface area (Å²) in [5.74, 6) is -0.587. The van der Waals surface area contributed by atoms with E-state index in [9.17, 15) is 19.2 Å². The molecule has 2 saturated carbocycles. The van der Waals surface area contributed by atoms with Crippen LogP contribution in [0.3, 0.4) is 0 Å². The summed E-state index contributed by atoms with van der Waals surface area (Å²) in [6.07, 6.45) is 10.0. The highest BCUT2D eigenvalue weighted by atomic mass is 16.6. The zero-order valence-electron chi connectivity index (χ0n) is 17.2. The third-order valence-corrected chi connectivity index (χ3v) is 9.21. The first-order valence-corrected chi connectivity index (χ1v) is 10.9. The van der Waals surface area contributed by atoms with Crippen LogP contribution >= 0.6 is 0 Å². The molecule has 5 nitrogen and oxygen atoms in total. The van der Waals surface area contributed by atoms with Crippen molar-refractivity contribution in [2.75, 3.05) is 0 Å². The lowest BCUT2D eigenvalue weighted by Gasteiger charge is -2.56. The number of hydrogen-bond acceptors (Lipinski definition) is 5. The molecule has 0 bridgehead atoms. The molecule has 3 unspecified atom stereocenters. The molecular formula is C24H28O5. The zero-order valence-corrected chi connectivity index (χ0v) is 17.2. The third-order valence-electron chi connectivity index (χ3n) is 9.21.